The van der Waals surface area contributed by atoms with Crippen molar-refractivity contribution < 1.29 is 4.79 Å². The van der Waals surface area contributed by atoms with Gasteiger partial charge < -0.3 is 10.6 Å². The second-order valence-corrected chi connectivity index (χ2v) is 5.48. The van der Waals surface area contributed by atoms with Crippen LogP contribution in [0.1, 0.15) is 20.3 Å². The maximum atomic E-state index is 11.5. The lowest BCUT2D eigenvalue weighted by Gasteiger charge is -2.11. The minimum atomic E-state index is -0.118. The summed E-state index contributed by atoms with van der Waals surface area (Å²) in [5.74, 6) is 0.166. The maximum Gasteiger partial charge on any atom is 0.226 e. The Balaban J connectivity index is 2.57. The van der Waals surface area contributed by atoms with Crippen LogP contribution in [0.4, 0.5) is 5.69 Å². The van der Waals surface area contributed by atoms with E-state index in [-0.39, 0.29) is 16.9 Å². The smallest absolute Gasteiger partial charge is 0.226 e. The minimum absolute atomic E-state index is 0.118. The molecule has 0 heterocycles. The van der Waals surface area contributed by atoms with Gasteiger partial charge in [-0.25, -0.2) is 0 Å². The lowest BCUT2D eigenvalue weighted by molar-refractivity contribution is -0.120. The predicted octanol–water partition coefficient (Wildman–Crippen LogP) is 3.85. The number of halogens is 2. The van der Waals surface area contributed by atoms with Crippen LogP contribution in [-0.4, -0.2) is 11.0 Å². The van der Waals surface area contributed by atoms with Crippen molar-refractivity contribution in [3.8, 4) is 0 Å². The van der Waals surface area contributed by atoms with Gasteiger partial charge in [0.2, 0.25) is 5.91 Å². The van der Waals surface area contributed by atoms with Gasteiger partial charge in [-0.3, -0.25) is 4.79 Å². The zero-order chi connectivity index (χ0) is 13.7. The number of carbonyl (C=O) groups excluding carboxylic acids is 1. The summed E-state index contributed by atoms with van der Waals surface area (Å²) in [6.07, 6.45) is 0.427. The molecule has 0 bridgehead atoms. The van der Waals surface area contributed by atoms with E-state index in [1.165, 1.54) is 0 Å². The highest BCUT2D eigenvalue weighted by Gasteiger charge is 2.08. The third-order valence-corrected chi connectivity index (χ3v) is 2.78. The van der Waals surface area contributed by atoms with E-state index in [1.54, 1.807) is 18.2 Å². The molecule has 1 aromatic rings. The van der Waals surface area contributed by atoms with Crippen molar-refractivity contribution in [1.29, 1.82) is 0 Å². The number of hydrogen-bond donors (Lipinski definition) is 2. The molecular formula is C12H14Cl2N2OS. The maximum absolute atomic E-state index is 11.5. The van der Waals surface area contributed by atoms with E-state index < -0.39 is 0 Å². The van der Waals surface area contributed by atoms with Crippen molar-refractivity contribution in [3.05, 3.63) is 28.2 Å². The van der Waals surface area contributed by atoms with Gasteiger partial charge in [-0.1, -0.05) is 37.0 Å². The van der Waals surface area contributed by atoms with E-state index in [1.807, 2.05) is 13.8 Å². The van der Waals surface area contributed by atoms with Crippen LogP contribution in [0, 0.1) is 5.92 Å². The van der Waals surface area contributed by atoms with Gasteiger partial charge in [0.25, 0.3) is 0 Å². The molecule has 2 N–H and O–H groups in total. The SMILES string of the molecule is CC(C)CC(=O)NC(=S)Nc1ccc(Cl)cc1Cl. The Hall–Kier alpha value is -0.840. The monoisotopic (exact) mass is 304 g/mol. The van der Waals surface area contributed by atoms with Gasteiger partial charge in [-0.15, -0.1) is 0 Å². The van der Waals surface area contributed by atoms with E-state index in [4.69, 9.17) is 35.4 Å². The molecule has 0 aliphatic rings. The Morgan fingerprint density at radius 3 is 2.61 bits per heavy atom. The summed E-state index contributed by atoms with van der Waals surface area (Å²) in [5, 5.41) is 6.66. The molecule has 6 heteroatoms. The average Bonchev–Trinajstić information content (AvgIpc) is 2.20. The van der Waals surface area contributed by atoms with E-state index in [9.17, 15) is 4.79 Å². The number of hydrogen-bond acceptors (Lipinski definition) is 2. The van der Waals surface area contributed by atoms with E-state index in [0.29, 0.717) is 22.2 Å². The van der Waals surface area contributed by atoms with Crippen LogP contribution in [0.2, 0.25) is 10.0 Å². The van der Waals surface area contributed by atoms with Gasteiger partial charge >= 0.3 is 0 Å². The fourth-order valence-corrected chi connectivity index (χ4v) is 1.97. The average molecular weight is 305 g/mol. The number of carbonyl (C=O) groups is 1. The molecule has 0 aromatic heterocycles. The normalized spacial score (nSPS) is 10.3. The Labute approximate surface area is 122 Å². The first-order valence-corrected chi connectivity index (χ1v) is 6.60. The summed E-state index contributed by atoms with van der Waals surface area (Å²) in [4.78, 5) is 11.5. The van der Waals surface area contributed by atoms with Crippen molar-refractivity contribution in [2.24, 2.45) is 5.92 Å². The largest absolute Gasteiger partial charge is 0.331 e. The second-order valence-electron chi connectivity index (χ2n) is 4.22. The summed E-state index contributed by atoms with van der Waals surface area (Å²) >= 11 is 16.8. The van der Waals surface area contributed by atoms with Gasteiger partial charge in [0, 0.05) is 11.4 Å². The van der Waals surface area contributed by atoms with Crippen LogP contribution >= 0.6 is 35.4 Å². The Morgan fingerprint density at radius 2 is 2.06 bits per heavy atom. The van der Waals surface area contributed by atoms with Crippen molar-refractivity contribution in [1.82, 2.24) is 5.32 Å². The quantitative estimate of drug-likeness (QED) is 0.833. The third-order valence-electron chi connectivity index (χ3n) is 2.03. The number of rotatable bonds is 3. The molecule has 1 rings (SSSR count). The number of nitrogens with one attached hydrogen (secondary N) is 2. The van der Waals surface area contributed by atoms with Crippen molar-refractivity contribution >= 4 is 52.1 Å². The summed E-state index contributed by atoms with van der Waals surface area (Å²) < 4.78 is 0. The molecule has 0 aliphatic heterocycles. The Morgan fingerprint density at radius 1 is 1.39 bits per heavy atom. The van der Waals surface area contributed by atoms with Crippen LogP contribution in [0.15, 0.2) is 18.2 Å². The fourth-order valence-electron chi connectivity index (χ4n) is 1.29. The number of thiocarbonyl (C=S) groups is 1. The van der Waals surface area contributed by atoms with Gasteiger partial charge in [0.15, 0.2) is 5.11 Å². The standard InChI is InChI=1S/C12H14Cl2N2OS/c1-7(2)5-11(17)16-12(18)15-10-4-3-8(13)6-9(10)14/h3-4,6-7H,5H2,1-2H3,(H2,15,16,17,18). The van der Waals surface area contributed by atoms with Gasteiger partial charge in [0.1, 0.15) is 0 Å². The molecule has 1 aromatic carbocycles. The van der Waals surface area contributed by atoms with Gasteiger partial charge in [-0.2, -0.15) is 0 Å². The number of anilines is 1. The molecule has 0 saturated carbocycles. The zero-order valence-electron chi connectivity index (χ0n) is 10.1. The van der Waals surface area contributed by atoms with Crippen LogP contribution in [-0.2, 0) is 4.79 Å². The molecule has 0 saturated heterocycles. The first-order chi connectivity index (χ1) is 8.38. The molecule has 0 unspecified atom stereocenters. The molecule has 0 fully saturated rings. The summed E-state index contributed by atoms with van der Waals surface area (Å²) in [5.41, 5.74) is 0.607. The molecule has 3 nitrogen and oxygen atoms in total. The Kier molecular flexibility index (Phi) is 5.85. The van der Waals surface area contributed by atoms with Crippen LogP contribution < -0.4 is 10.6 Å². The van der Waals surface area contributed by atoms with Crippen LogP contribution in [0.5, 0.6) is 0 Å². The molecule has 0 atom stereocenters. The van der Waals surface area contributed by atoms with Crippen molar-refractivity contribution in [2.45, 2.75) is 20.3 Å². The summed E-state index contributed by atoms with van der Waals surface area (Å²) in [6.45, 7) is 3.93. The first kappa shape index (κ1) is 15.2. The highest BCUT2D eigenvalue weighted by Crippen LogP contribution is 2.25. The van der Waals surface area contributed by atoms with Crippen LogP contribution in [0.25, 0.3) is 0 Å². The molecule has 98 valence electrons. The molecule has 0 aliphatic carbocycles. The third kappa shape index (κ3) is 5.21. The molecule has 1 amide bonds. The van der Waals surface area contributed by atoms with Crippen molar-refractivity contribution in [3.63, 3.8) is 0 Å². The molecule has 18 heavy (non-hydrogen) atoms. The number of benzene rings is 1. The lowest BCUT2D eigenvalue weighted by atomic mass is 10.1. The fraction of sp³-hybridized carbons (Fsp3) is 0.333. The molecule has 0 spiro atoms. The van der Waals surface area contributed by atoms with Gasteiger partial charge in [0.05, 0.1) is 10.7 Å². The van der Waals surface area contributed by atoms with Gasteiger partial charge in [-0.05, 0) is 36.3 Å². The second kappa shape index (κ2) is 6.92. The highest BCUT2D eigenvalue weighted by atomic mass is 35.5. The predicted molar refractivity (Wildman–Crippen MR) is 80.3 cm³/mol. The van der Waals surface area contributed by atoms with E-state index in [0.717, 1.165) is 0 Å². The topological polar surface area (TPSA) is 41.1 Å². The first-order valence-electron chi connectivity index (χ1n) is 5.44. The molecular weight excluding hydrogens is 291 g/mol. The van der Waals surface area contributed by atoms with E-state index >= 15 is 0 Å². The highest BCUT2D eigenvalue weighted by molar-refractivity contribution is 7.80. The van der Waals surface area contributed by atoms with Crippen molar-refractivity contribution in [2.75, 3.05) is 5.32 Å². The zero-order valence-corrected chi connectivity index (χ0v) is 12.4. The lowest BCUT2D eigenvalue weighted by Crippen LogP contribution is -2.34. The number of amides is 1. The summed E-state index contributed by atoms with van der Waals surface area (Å²) in [7, 11) is 0. The van der Waals surface area contributed by atoms with Crippen LogP contribution in [0.3, 0.4) is 0 Å². The van der Waals surface area contributed by atoms with E-state index in [2.05, 4.69) is 10.6 Å². The molecule has 0 radical (unpaired) electrons. The Bertz CT molecular complexity index is 463. The minimum Gasteiger partial charge on any atom is -0.331 e. The summed E-state index contributed by atoms with van der Waals surface area (Å²) in [6, 6.07) is 4.99.